The van der Waals surface area contributed by atoms with E-state index in [1.54, 1.807) is 14.2 Å². The summed E-state index contributed by atoms with van der Waals surface area (Å²) in [6.07, 6.45) is 0. The number of hydrogen-bond acceptors (Lipinski definition) is 3. The molecule has 0 aromatic heterocycles. The van der Waals surface area contributed by atoms with Crippen LogP contribution < -0.4 is 5.73 Å². The van der Waals surface area contributed by atoms with Crippen LogP contribution in [0.25, 0.3) is 0 Å². The van der Waals surface area contributed by atoms with Crippen LogP contribution in [-0.4, -0.2) is 57.9 Å². The first-order chi connectivity index (χ1) is 7.61. The fourth-order valence-corrected chi connectivity index (χ4v) is 1.12. The van der Waals surface area contributed by atoms with E-state index in [1.165, 1.54) is 0 Å². The number of guanidine groups is 1. The number of methoxy groups -OCH3 is 2. The largest absolute Gasteiger partial charge is 0.383 e. The highest BCUT2D eigenvalue weighted by molar-refractivity contribution is 5.78. The molecule has 0 aliphatic heterocycles. The van der Waals surface area contributed by atoms with Crippen molar-refractivity contribution >= 4 is 5.96 Å². The van der Waals surface area contributed by atoms with E-state index in [-0.39, 0.29) is 0 Å². The molecule has 2 N–H and O–H groups in total. The number of nitrogens with two attached hydrogens (primary N) is 1. The second-order valence-corrected chi connectivity index (χ2v) is 4.07. The summed E-state index contributed by atoms with van der Waals surface area (Å²) in [5.41, 5.74) is 5.91. The lowest BCUT2D eigenvalue weighted by atomic mass is 10.2. The van der Waals surface area contributed by atoms with Crippen LogP contribution in [0.3, 0.4) is 0 Å². The van der Waals surface area contributed by atoms with Gasteiger partial charge in [-0.1, -0.05) is 13.8 Å². The first-order valence-corrected chi connectivity index (χ1v) is 5.64. The monoisotopic (exact) mass is 231 g/mol. The van der Waals surface area contributed by atoms with Crippen molar-refractivity contribution in [2.24, 2.45) is 16.6 Å². The lowest BCUT2D eigenvalue weighted by Gasteiger charge is -2.23. The first-order valence-electron chi connectivity index (χ1n) is 5.64. The second kappa shape index (κ2) is 9.42. The van der Waals surface area contributed by atoms with E-state index in [4.69, 9.17) is 15.2 Å². The van der Waals surface area contributed by atoms with Gasteiger partial charge in [0.1, 0.15) is 0 Å². The average Bonchev–Trinajstić information content (AvgIpc) is 2.26. The maximum absolute atomic E-state index is 5.91. The van der Waals surface area contributed by atoms with Gasteiger partial charge >= 0.3 is 0 Å². The van der Waals surface area contributed by atoms with Crippen molar-refractivity contribution in [3.05, 3.63) is 0 Å². The number of hydrogen-bond donors (Lipinski definition) is 1. The molecule has 96 valence electrons. The zero-order chi connectivity index (χ0) is 12.4. The molecule has 0 aromatic rings. The van der Waals surface area contributed by atoms with Gasteiger partial charge < -0.3 is 20.1 Å². The number of rotatable bonds is 8. The summed E-state index contributed by atoms with van der Waals surface area (Å²) < 4.78 is 10.1. The summed E-state index contributed by atoms with van der Waals surface area (Å²) in [6.45, 7) is 7.75. The predicted molar refractivity (Wildman–Crippen MR) is 66.7 cm³/mol. The smallest absolute Gasteiger partial charge is 0.191 e. The van der Waals surface area contributed by atoms with E-state index in [1.807, 2.05) is 4.90 Å². The molecule has 0 spiro atoms. The van der Waals surface area contributed by atoms with Gasteiger partial charge in [0.25, 0.3) is 0 Å². The molecule has 0 unspecified atom stereocenters. The van der Waals surface area contributed by atoms with Gasteiger partial charge in [-0.25, -0.2) is 0 Å². The van der Waals surface area contributed by atoms with Gasteiger partial charge in [0.2, 0.25) is 0 Å². The molecule has 0 saturated heterocycles. The van der Waals surface area contributed by atoms with E-state index in [9.17, 15) is 0 Å². The van der Waals surface area contributed by atoms with Gasteiger partial charge in [-0.3, -0.25) is 4.99 Å². The van der Waals surface area contributed by atoms with Crippen LogP contribution in [0.4, 0.5) is 0 Å². The number of aliphatic imine (C=N–C) groups is 1. The van der Waals surface area contributed by atoms with Crippen molar-refractivity contribution in [1.82, 2.24) is 4.90 Å². The van der Waals surface area contributed by atoms with Gasteiger partial charge in [0.15, 0.2) is 5.96 Å². The topological polar surface area (TPSA) is 60.1 Å². The maximum atomic E-state index is 5.91. The zero-order valence-corrected chi connectivity index (χ0v) is 10.9. The molecule has 0 amide bonds. The highest BCUT2D eigenvalue weighted by atomic mass is 16.5. The van der Waals surface area contributed by atoms with Crippen molar-refractivity contribution in [2.75, 3.05) is 47.1 Å². The average molecular weight is 231 g/mol. The Morgan fingerprint density at radius 1 is 1.19 bits per heavy atom. The molecule has 0 heterocycles. The number of ether oxygens (including phenoxy) is 2. The fraction of sp³-hybridized carbons (Fsp3) is 0.909. The van der Waals surface area contributed by atoms with E-state index >= 15 is 0 Å². The molecular weight excluding hydrogens is 206 g/mol. The summed E-state index contributed by atoms with van der Waals surface area (Å²) in [7, 11) is 3.35. The normalized spacial score (nSPS) is 12.2. The van der Waals surface area contributed by atoms with Crippen molar-refractivity contribution in [3.8, 4) is 0 Å². The van der Waals surface area contributed by atoms with Crippen LogP contribution in [0, 0.1) is 5.92 Å². The molecule has 0 aromatic carbocycles. The summed E-state index contributed by atoms with van der Waals surface area (Å²) in [6, 6.07) is 0. The minimum atomic E-state index is 0.519. The molecule has 0 aliphatic carbocycles. The molecule has 0 fully saturated rings. The Bertz CT molecular complexity index is 188. The third-order valence-corrected chi connectivity index (χ3v) is 2.07. The van der Waals surface area contributed by atoms with Crippen LogP contribution in [0.1, 0.15) is 13.8 Å². The van der Waals surface area contributed by atoms with E-state index in [2.05, 4.69) is 18.8 Å². The van der Waals surface area contributed by atoms with E-state index in [0.717, 1.165) is 19.6 Å². The molecule has 0 radical (unpaired) electrons. The lowest BCUT2D eigenvalue weighted by Crippen LogP contribution is -2.41. The molecular formula is C11H25N3O2. The van der Waals surface area contributed by atoms with Crippen molar-refractivity contribution in [2.45, 2.75) is 13.8 Å². The minimum Gasteiger partial charge on any atom is -0.383 e. The van der Waals surface area contributed by atoms with Crippen LogP contribution in [0.5, 0.6) is 0 Å². The van der Waals surface area contributed by atoms with Gasteiger partial charge in [-0.05, 0) is 5.92 Å². The van der Waals surface area contributed by atoms with Gasteiger partial charge in [-0.15, -0.1) is 0 Å². The third kappa shape index (κ3) is 7.48. The Kier molecular flexibility index (Phi) is 8.94. The Balaban J connectivity index is 4.17. The van der Waals surface area contributed by atoms with Crippen LogP contribution >= 0.6 is 0 Å². The molecule has 0 rings (SSSR count). The first kappa shape index (κ1) is 15.2. The van der Waals surface area contributed by atoms with E-state index in [0.29, 0.717) is 25.1 Å². The molecule has 16 heavy (non-hydrogen) atoms. The molecule has 5 heteroatoms. The van der Waals surface area contributed by atoms with Gasteiger partial charge in [0, 0.05) is 33.9 Å². The van der Waals surface area contributed by atoms with Crippen molar-refractivity contribution in [3.63, 3.8) is 0 Å². The minimum absolute atomic E-state index is 0.519. The molecule has 0 atom stereocenters. The summed E-state index contributed by atoms with van der Waals surface area (Å²) in [4.78, 5) is 6.32. The zero-order valence-electron chi connectivity index (χ0n) is 10.9. The lowest BCUT2D eigenvalue weighted by molar-refractivity contribution is 0.145. The number of nitrogens with zero attached hydrogens (tertiary/aromatic N) is 2. The van der Waals surface area contributed by atoms with Crippen LogP contribution in [0.15, 0.2) is 4.99 Å². The summed E-state index contributed by atoms with van der Waals surface area (Å²) in [5, 5.41) is 0. The Morgan fingerprint density at radius 3 is 2.06 bits per heavy atom. The quantitative estimate of drug-likeness (QED) is 0.489. The molecule has 5 nitrogen and oxygen atoms in total. The Morgan fingerprint density at radius 2 is 1.69 bits per heavy atom. The fourth-order valence-electron chi connectivity index (χ4n) is 1.12. The summed E-state index contributed by atoms with van der Waals surface area (Å²) >= 11 is 0. The molecule has 0 saturated carbocycles. The molecule has 0 aliphatic rings. The highest BCUT2D eigenvalue weighted by Crippen LogP contribution is 1.95. The second-order valence-electron chi connectivity index (χ2n) is 4.07. The SMILES string of the molecule is COCCN(CCOC)C(N)=NCC(C)C. The van der Waals surface area contributed by atoms with Crippen LogP contribution in [-0.2, 0) is 9.47 Å². The Labute approximate surface area is 98.6 Å². The van der Waals surface area contributed by atoms with Gasteiger partial charge in [-0.2, -0.15) is 0 Å². The van der Waals surface area contributed by atoms with Crippen LogP contribution in [0.2, 0.25) is 0 Å². The molecule has 0 bridgehead atoms. The van der Waals surface area contributed by atoms with Gasteiger partial charge in [0.05, 0.1) is 13.2 Å². The predicted octanol–water partition coefficient (Wildman–Crippen LogP) is 0.552. The van der Waals surface area contributed by atoms with E-state index < -0.39 is 0 Å². The highest BCUT2D eigenvalue weighted by Gasteiger charge is 2.07. The Hall–Kier alpha value is -0.810. The standard InChI is InChI=1S/C11H25N3O2/c1-10(2)9-13-11(12)14(5-7-15-3)6-8-16-4/h10H,5-9H2,1-4H3,(H2,12,13). The van der Waals surface area contributed by atoms with Crippen molar-refractivity contribution < 1.29 is 9.47 Å². The van der Waals surface area contributed by atoms with Crippen molar-refractivity contribution in [1.29, 1.82) is 0 Å². The maximum Gasteiger partial charge on any atom is 0.191 e. The third-order valence-electron chi connectivity index (χ3n) is 2.07. The summed E-state index contributed by atoms with van der Waals surface area (Å²) in [5.74, 6) is 1.09.